The van der Waals surface area contributed by atoms with Crippen LogP contribution in [0.1, 0.15) is 73.6 Å². The minimum atomic E-state index is -3.82. The maximum absolute atomic E-state index is 13.6. The van der Waals surface area contributed by atoms with E-state index in [2.05, 4.69) is 58.4 Å². The molecule has 6 heterocycles. The Hall–Kier alpha value is -5.88. The van der Waals surface area contributed by atoms with E-state index in [0.29, 0.717) is 11.5 Å². The molecule has 2 N–H and O–H groups in total. The number of hydrogen-bond donors (Lipinski definition) is 2. The van der Waals surface area contributed by atoms with Crippen LogP contribution in [0.25, 0.3) is 55.4 Å². The van der Waals surface area contributed by atoms with Crippen molar-refractivity contribution in [1.29, 1.82) is 0 Å². The highest BCUT2D eigenvalue weighted by Gasteiger charge is 2.46. The molecule has 10 rings (SSSR count). The second-order valence-corrected chi connectivity index (χ2v) is 24.5. The number of carbonyl (C=O) groups excluding carboxylic acids is 2. The van der Waals surface area contributed by atoms with E-state index in [1.165, 1.54) is 21.6 Å². The lowest BCUT2D eigenvalue weighted by atomic mass is 9.82. The van der Waals surface area contributed by atoms with E-state index in [1.54, 1.807) is 47.2 Å². The molecule has 0 fully saturated rings. The summed E-state index contributed by atoms with van der Waals surface area (Å²) in [6, 6.07) is 34.5. The van der Waals surface area contributed by atoms with Crippen LogP contribution in [0.3, 0.4) is 0 Å². The van der Waals surface area contributed by atoms with Crippen LogP contribution in [0.15, 0.2) is 144 Å². The van der Waals surface area contributed by atoms with E-state index in [-0.39, 0.29) is 34.7 Å². The lowest BCUT2D eigenvalue weighted by Gasteiger charge is -2.16. The molecule has 0 unspecified atom stereocenters. The van der Waals surface area contributed by atoms with E-state index in [0.717, 1.165) is 77.9 Å². The lowest BCUT2D eigenvalue weighted by Crippen LogP contribution is -2.34. The normalized spacial score (nSPS) is 14.5. The van der Waals surface area contributed by atoms with Crippen molar-refractivity contribution in [3.63, 3.8) is 0 Å². The quantitative estimate of drug-likeness (QED) is 0.0664. The molecule has 0 bridgehead atoms. The number of fused-ring (bicyclic) bond motifs is 8. The minimum absolute atomic E-state index is 0.0639. The van der Waals surface area contributed by atoms with Crippen LogP contribution in [0, 0.1) is 0 Å². The fourth-order valence-electron chi connectivity index (χ4n) is 9.84. The molecule has 0 saturated carbocycles. The number of aromatic nitrogens is 4. The largest absolute Gasteiger partial charge is 0.287 e. The van der Waals surface area contributed by atoms with Crippen molar-refractivity contribution in [1.82, 2.24) is 18.6 Å². The number of hydrogen-bond acceptors (Lipinski definition) is 8. The number of pyridine rings is 2. The number of nitrogens with zero attached hydrogens (tertiary/aromatic N) is 4. The Morgan fingerprint density at radius 3 is 1.35 bits per heavy atom. The minimum Gasteiger partial charge on any atom is -0.287 e. The average molecular weight is 983 g/mol. The third-order valence-corrected chi connectivity index (χ3v) is 18.7. The maximum Gasteiger partial charge on any atom is 0.240 e. The molecule has 2 aliphatic heterocycles. The first kappa shape index (κ1) is 45.9. The van der Waals surface area contributed by atoms with Crippen LogP contribution in [-0.4, -0.2) is 62.4 Å². The van der Waals surface area contributed by atoms with Crippen molar-refractivity contribution in [3.05, 3.63) is 156 Å². The van der Waals surface area contributed by atoms with Crippen molar-refractivity contribution < 1.29 is 35.6 Å². The SMILES string of the molecule is CC(=O)n1cc(-c2cc[n+]3c(c2)C(C)(C)c2cc(S(=O)(=O)NCCSSCCNS(=O)(=O)c4ccc5c(c4)C(C)(C)c4cc(-c6cn(C(C)=O)c7ccccc67)cc[n+]4-5)ccc2-3)c2ccccc21. The fourth-order valence-corrected chi connectivity index (χ4v) is 14.0. The Morgan fingerprint density at radius 1 is 0.559 bits per heavy atom. The number of benzene rings is 4. The molecule has 346 valence electrons. The molecule has 68 heavy (non-hydrogen) atoms. The Bertz CT molecular complexity index is 3410. The van der Waals surface area contributed by atoms with Crippen LogP contribution in [-0.2, 0) is 30.9 Å². The van der Waals surface area contributed by atoms with E-state index in [4.69, 9.17) is 0 Å². The molecular formula is C52H50N6O6S4+2. The van der Waals surface area contributed by atoms with Gasteiger partial charge in [-0.2, -0.15) is 9.13 Å². The first-order chi connectivity index (χ1) is 32.4. The van der Waals surface area contributed by atoms with E-state index in [9.17, 15) is 26.4 Å². The summed E-state index contributed by atoms with van der Waals surface area (Å²) in [6.45, 7) is 11.9. The van der Waals surface area contributed by atoms with Gasteiger partial charge in [-0.15, -0.1) is 0 Å². The van der Waals surface area contributed by atoms with Gasteiger partial charge >= 0.3 is 0 Å². The van der Waals surface area contributed by atoms with Crippen LogP contribution < -0.4 is 18.6 Å². The van der Waals surface area contributed by atoms with Gasteiger partial charge in [0.1, 0.15) is 0 Å². The van der Waals surface area contributed by atoms with Crippen molar-refractivity contribution in [2.75, 3.05) is 24.6 Å². The second-order valence-electron chi connectivity index (χ2n) is 18.3. The summed E-state index contributed by atoms with van der Waals surface area (Å²) in [6.07, 6.45) is 7.78. The molecule has 0 aliphatic carbocycles. The third-order valence-electron chi connectivity index (χ3n) is 13.4. The van der Waals surface area contributed by atoms with Crippen molar-refractivity contribution in [2.24, 2.45) is 0 Å². The number of sulfonamides is 2. The van der Waals surface area contributed by atoms with Gasteiger partial charge in [0, 0.05) is 120 Å². The summed E-state index contributed by atoms with van der Waals surface area (Å²) in [5.41, 5.74) is 10.1. The highest BCUT2D eigenvalue weighted by atomic mass is 33.1. The number of carbonyl (C=O) groups is 2. The van der Waals surface area contributed by atoms with Gasteiger partial charge in [0.05, 0.1) is 31.7 Å². The zero-order valence-corrected chi connectivity index (χ0v) is 41.7. The van der Waals surface area contributed by atoms with Gasteiger partial charge in [-0.05, 0) is 75.2 Å². The summed E-state index contributed by atoms with van der Waals surface area (Å²) in [4.78, 5) is 25.3. The lowest BCUT2D eigenvalue weighted by molar-refractivity contribution is -0.600. The van der Waals surface area contributed by atoms with Crippen molar-refractivity contribution in [2.45, 2.75) is 62.2 Å². The molecule has 2 aliphatic rings. The molecule has 0 saturated heterocycles. The van der Waals surface area contributed by atoms with Crippen LogP contribution in [0.2, 0.25) is 0 Å². The van der Waals surface area contributed by atoms with Gasteiger partial charge in [0.15, 0.2) is 23.8 Å². The monoisotopic (exact) mass is 982 g/mol. The molecule has 4 aromatic heterocycles. The van der Waals surface area contributed by atoms with E-state index >= 15 is 0 Å². The average Bonchev–Trinajstić information content (AvgIpc) is 4.03. The number of para-hydroxylation sites is 2. The molecular weight excluding hydrogens is 933 g/mol. The topological polar surface area (TPSA) is 144 Å². The predicted molar refractivity (Wildman–Crippen MR) is 270 cm³/mol. The Labute approximate surface area is 403 Å². The van der Waals surface area contributed by atoms with Gasteiger partial charge in [-0.25, -0.2) is 26.3 Å². The molecule has 0 amide bonds. The summed E-state index contributed by atoms with van der Waals surface area (Å²) >= 11 is 0. The molecule has 4 aromatic carbocycles. The molecule has 0 spiro atoms. The second kappa shape index (κ2) is 17.0. The Morgan fingerprint density at radius 2 is 0.956 bits per heavy atom. The van der Waals surface area contributed by atoms with Gasteiger partial charge in [0.2, 0.25) is 43.2 Å². The van der Waals surface area contributed by atoms with Crippen molar-refractivity contribution >= 4 is 75.3 Å². The first-order valence-corrected chi connectivity index (χ1v) is 27.7. The molecule has 8 aromatic rings. The summed E-state index contributed by atoms with van der Waals surface area (Å²) in [5.74, 6) is 0.836. The number of nitrogens with one attached hydrogen (secondary N) is 2. The van der Waals surface area contributed by atoms with Gasteiger partial charge in [0.25, 0.3) is 0 Å². The Kier molecular flexibility index (Phi) is 11.4. The fraction of sp³-hybridized carbons (Fsp3) is 0.231. The first-order valence-electron chi connectivity index (χ1n) is 22.3. The third kappa shape index (κ3) is 7.71. The van der Waals surface area contributed by atoms with Gasteiger partial charge < -0.3 is 0 Å². The summed E-state index contributed by atoms with van der Waals surface area (Å²) in [7, 11) is -4.71. The zero-order valence-electron chi connectivity index (χ0n) is 38.4. The van der Waals surface area contributed by atoms with Crippen LogP contribution >= 0.6 is 21.6 Å². The maximum atomic E-state index is 13.6. The number of rotatable bonds is 13. The Balaban J connectivity index is 0.736. The van der Waals surface area contributed by atoms with Gasteiger partial charge in [-0.3, -0.25) is 18.7 Å². The molecule has 0 radical (unpaired) electrons. The highest BCUT2D eigenvalue weighted by molar-refractivity contribution is 8.76. The van der Waals surface area contributed by atoms with Crippen molar-refractivity contribution in [3.8, 4) is 33.6 Å². The summed E-state index contributed by atoms with van der Waals surface area (Å²) in [5, 5.41) is 1.96. The predicted octanol–water partition coefficient (Wildman–Crippen LogP) is 8.72. The van der Waals surface area contributed by atoms with E-state index in [1.807, 2.05) is 97.6 Å². The van der Waals surface area contributed by atoms with Crippen LogP contribution in [0.5, 0.6) is 0 Å². The van der Waals surface area contributed by atoms with E-state index < -0.39 is 30.9 Å². The summed E-state index contributed by atoms with van der Waals surface area (Å²) < 4.78 is 67.3. The van der Waals surface area contributed by atoms with Gasteiger partial charge in [-0.1, -0.05) is 58.0 Å². The zero-order chi connectivity index (χ0) is 47.9. The molecule has 12 nitrogen and oxygen atoms in total. The molecule has 0 atom stereocenters. The van der Waals surface area contributed by atoms with Crippen LogP contribution in [0.4, 0.5) is 0 Å². The smallest absolute Gasteiger partial charge is 0.240 e. The molecule has 16 heteroatoms. The standard InChI is InChI=1S/C52H50N6O6S4/c1-33(59)57-31-41(39-11-7-9-13-45(39)57)35-19-23-55-47-17-15-37(29-43(47)51(3,4)49(55)27-35)67(61,62)53-21-25-65-66-26-22-54-68(63,64)38-16-18-48-44(30-38)52(5,6)50-28-36(20-24-56(48)50)42-32-58(34(2)60)46-14-10-8-12-40(42)46/h7-20,23-24,27-32,53-54H,21-22,25-26H2,1-6H3/q+2. The highest BCUT2D eigenvalue weighted by Crippen LogP contribution is 2.43.